The summed E-state index contributed by atoms with van der Waals surface area (Å²) < 4.78 is 33.4. The van der Waals surface area contributed by atoms with Crippen LogP contribution in [0.1, 0.15) is 30.1 Å². The predicted molar refractivity (Wildman–Crippen MR) is 135 cm³/mol. The van der Waals surface area contributed by atoms with Gasteiger partial charge in [0, 0.05) is 22.9 Å². The molecule has 1 saturated heterocycles. The van der Waals surface area contributed by atoms with Crippen molar-refractivity contribution in [2.45, 2.75) is 34.5 Å². The van der Waals surface area contributed by atoms with E-state index in [0.717, 1.165) is 22.6 Å². The fourth-order valence-electron chi connectivity index (χ4n) is 3.86. The normalized spacial score (nSPS) is 15.1. The molecule has 1 aliphatic heterocycles. The summed E-state index contributed by atoms with van der Waals surface area (Å²) >= 11 is 1.54. The number of amides is 1. The molecule has 1 amide bonds. The van der Waals surface area contributed by atoms with Crippen LogP contribution in [0.25, 0.3) is 0 Å². The molecule has 0 atom stereocenters. The molecule has 6 nitrogen and oxygen atoms in total. The van der Waals surface area contributed by atoms with Crippen LogP contribution in [-0.4, -0.2) is 38.8 Å². The number of nitrogens with zero attached hydrogens (tertiary/aromatic N) is 1. The largest absolute Gasteiger partial charge is 0.496 e. The van der Waals surface area contributed by atoms with Gasteiger partial charge in [0.25, 0.3) is 5.91 Å². The molecule has 1 aliphatic rings. The minimum atomic E-state index is -3.69. The minimum Gasteiger partial charge on any atom is -0.496 e. The maximum atomic E-state index is 13.3. The summed E-state index contributed by atoms with van der Waals surface area (Å²) in [7, 11) is -2.23. The maximum absolute atomic E-state index is 13.3. The molecule has 3 aromatic rings. The van der Waals surface area contributed by atoms with E-state index in [9.17, 15) is 13.2 Å². The topological polar surface area (TPSA) is 75.7 Å². The van der Waals surface area contributed by atoms with Gasteiger partial charge in [-0.2, -0.15) is 4.31 Å². The van der Waals surface area contributed by atoms with Gasteiger partial charge < -0.3 is 10.1 Å². The van der Waals surface area contributed by atoms with E-state index < -0.39 is 15.9 Å². The van der Waals surface area contributed by atoms with Crippen LogP contribution < -0.4 is 10.1 Å². The van der Waals surface area contributed by atoms with Crippen molar-refractivity contribution in [2.24, 2.45) is 5.92 Å². The van der Waals surface area contributed by atoms with Crippen LogP contribution in [0.3, 0.4) is 0 Å². The van der Waals surface area contributed by atoms with E-state index in [1.807, 2.05) is 54.6 Å². The Morgan fingerprint density at radius 3 is 2.38 bits per heavy atom. The van der Waals surface area contributed by atoms with E-state index in [-0.39, 0.29) is 10.5 Å². The van der Waals surface area contributed by atoms with E-state index in [0.29, 0.717) is 30.4 Å². The summed E-state index contributed by atoms with van der Waals surface area (Å²) in [5.41, 5.74) is 0.815. The molecule has 4 rings (SSSR count). The van der Waals surface area contributed by atoms with Gasteiger partial charge in [-0.05, 0) is 61.2 Å². The highest BCUT2D eigenvalue weighted by Gasteiger charge is 2.29. The SMILES string of the molecule is COc1ccc(S(=O)(=O)N2CCC(C)CC2)cc1C(=O)Nc1ccccc1Sc1ccccc1. The number of nitrogens with one attached hydrogen (secondary N) is 1. The Hall–Kier alpha value is -2.81. The Morgan fingerprint density at radius 2 is 1.68 bits per heavy atom. The summed E-state index contributed by atoms with van der Waals surface area (Å²) in [6.45, 7) is 3.11. The molecule has 178 valence electrons. The standard InChI is InChI=1S/C26H28N2O4S2/c1-19-14-16-28(17-15-19)34(30,31)21-12-13-24(32-2)22(18-21)26(29)27-23-10-6-7-11-25(23)33-20-8-4-3-5-9-20/h3-13,18-19H,14-17H2,1-2H3,(H,27,29). The number of anilines is 1. The van der Waals surface area contributed by atoms with Gasteiger partial charge >= 0.3 is 0 Å². The number of benzene rings is 3. The molecule has 0 radical (unpaired) electrons. The Bertz CT molecular complexity index is 1250. The van der Waals surface area contributed by atoms with Crippen molar-refractivity contribution in [3.63, 3.8) is 0 Å². The number of ether oxygens (including phenoxy) is 1. The quantitative estimate of drug-likeness (QED) is 0.466. The van der Waals surface area contributed by atoms with Gasteiger partial charge in [0.15, 0.2) is 0 Å². The van der Waals surface area contributed by atoms with E-state index >= 15 is 0 Å². The van der Waals surface area contributed by atoms with E-state index in [4.69, 9.17) is 4.74 Å². The van der Waals surface area contributed by atoms with Gasteiger partial charge in [0.1, 0.15) is 5.75 Å². The zero-order chi connectivity index (χ0) is 24.1. The van der Waals surface area contributed by atoms with Crippen LogP contribution in [0.2, 0.25) is 0 Å². The molecule has 0 spiro atoms. The fourth-order valence-corrected chi connectivity index (χ4v) is 6.28. The smallest absolute Gasteiger partial charge is 0.259 e. The highest BCUT2D eigenvalue weighted by Crippen LogP contribution is 2.34. The first-order valence-corrected chi connectivity index (χ1v) is 13.5. The molecule has 1 N–H and O–H groups in total. The average Bonchev–Trinajstić information content (AvgIpc) is 2.85. The van der Waals surface area contributed by atoms with E-state index in [1.165, 1.54) is 35.3 Å². The molecule has 1 fully saturated rings. The number of sulfonamides is 1. The molecule has 0 unspecified atom stereocenters. The van der Waals surface area contributed by atoms with Crippen LogP contribution >= 0.6 is 11.8 Å². The lowest BCUT2D eigenvalue weighted by Crippen LogP contribution is -2.37. The molecule has 8 heteroatoms. The summed E-state index contributed by atoms with van der Waals surface area (Å²) in [5.74, 6) is 0.400. The van der Waals surface area contributed by atoms with Gasteiger partial charge in [-0.3, -0.25) is 4.79 Å². The molecule has 1 heterocycles. The van der Waals surface area contributed by atoms with Crippen molar-refractivity contribution >= 4 is 33.4 Å². The molecular weight excluding hydrogens is 468 g/mol. The Morgan fingerprint density at radius 1 is 1.00 bits per heavy atom. The Labute approximate surface area is 205 Å². The Balaban J connectivity index is 1.60. The maximum Gasteiger partial charge on any atom is 0.259 e. The predicted octanol–water partition coefficient (Wildman–Crippen LogP) is 5.52. The monoisotopic (exact) mass is 496 g/mol. The van der Waals surface area contributed by atoms with E-state index in [2.05, 4.69) is 12.2 Å². The van der Waals surface area contributed by atoms with Crippen molar-refractivity contribution in [3.8, 4) is 5.75 Å². The summed E-state index contributed by atoms with van der Waals surface area (Å²) in [4.78, 5) is 15.3. The third-order valence-electron chi connectivity index (χ3n) is 5.90. The van der Waals surface area contributed by atoms with Crippen LogP contribution in [-0.2, 0) is 10.0 Å². The average molecular weight is 497 g/mol. The highest BCUT2D eigenvalue weighted by molar-refractivity contribution is 7.99. The second-order valence-corrected chi connectivity index (χ2v) is 11.4. The third-order valence-corrected chi connectivity index (χ3v) is 8.88. The lowest BCUT2D eigenvalue weighted by molar-refractivity contribution is 0.102. The third kappa shape index (κ3) is 5.46. The summed E-state index contributed by atoms with van der Waals surface area (Å²) in [6.07, 6.45) is 1.66. The molecular formula is C26H28N2O4S2. The summed E-state index contributed by atoms with van der Waals surface area (Å²) in [5, 5.41) is 2.94. The van der Waals surface area contributed by atoms with Gasteiger partial charge in [-0.25, -0.2) is 8.42 Å². The van der Waals surface area contributed by atoms with Gasteiger partial charge in [0.2, 0.25) is 10.0 Å². The van der Waals surface area contributed by atoms with Crippen LogP contribution in [0.15, 0.2) is 87.5 Å². The van der Waals surface area contributed by atoms with Crippen molar-refractivity contribution < 1.29 is 17.9 Å². The number of rotatable bonds is 7. The lowest BCUT2D eigenvalue weighted by Gasteiger charge is -2.29. The first kappa shape index (κ1) is 24.3. The summed E-state index contributed by atoms with van der Waals surface area (Å²) in [6, 6.07) is 21.9. The fraction of sp³-hybridized carbons (Fsp3) is 0.269. The number of carbonyl (C=O) groups excluding carboxylic acids is 1. The molecule has 3 aromatic carbocycles. The zero-order valence-electron chi connectivity index (χ0n) is 19.2. The van der Waals surface area contributed by atoms with Crippen LogP contribution in [0.4, 0.5) is 5.69 Å². The van der Waals surface area contributed by atoms with Crippen molar-refractivity contribution in [1.82, 2.24) is 4.31 Å². The van der Waals surface area contributed by atoms with Gasteiger partial charge in [0.05, 0.1) is 23.3 Å². The molecule has 34 heavy (non-hydrogen) atoms. The second kappa shape index (κ2) is 10.6. The highest BCUT2D eigenvalue weighted by atomic mass is 32.2. The number of carbonyl (C=O) groups is 1. The molecule has 0 aliphatic carbocycles. The number of hydrogen-bond acceptors (Lipinski definition) is 5. The second-order valence-electron chi connectivity index (χ2n) is 8.31. The number of hydrogen-bond donors (Lipinski definition) is 1. The van der Waals surface area contributed by atoms with Gasteiger partial charge in [-0.15, -0.1) is 0 Å². The van der Waals surface area contributed by atoms with Crippen LogP contribution in [0, 0.1) is 5.92 Å². The van der Waals surface area contributed by atoms with Crippen LogP contribution in [0.5, 0.6) is 5.75 Å². The number of methoxy groups -OCH3 is 1. The zero-order valence-corrected chi connectivity index (χ0v) is 20.9. The first-order valence-electron chi connectivity index (χ1n) is 11.2. The van der Waals surface area contributed by atoms with Crippen molar-refractivity contribution in [3.05, 3.63) is 78.4 Å². The Kier molecular flexibility index (Phi) is 7.60. The van der Waals surface area contributed by atoms with Crippen molar-refractivity contribution in [1.29, 1.82) is 0 Å². The number of piperidine rings is 1. The van der Waals surface area contributed by atoms with Gasteiger partial charge in [-0.1, -0.05) is 49.0 Å². The molecule has 0 saturated carbocycles. The van der Waals surface area contributed by atoms with E-state index in [1.54, 1.807) is 6.07 Å². The lowest BCUT2D eigenvalue weighted by atomic mass is 10.0. The van der Waals surface area contributed by atoms with Crippen molar-refractivity contribution in [2.75, 3.05) is 25.5 Å². The number of para-hydroxylation sites is 1. The molecule has 0 aromatic heterocycles. The first-order chi connectivity index (χ1) is 16.4. The minimum absolute atomic E-state index is 0.0972. The molecule has 0 bridgehead atoms.